The Morgan fingerprint density at radius 2 is 2.44 bits per heavy atom. The molecule has 1 aliphatic carbocycles. The summed E-state index contributed by atoms with van der Waals surface area (Å²) in [5.74, 6) is 0.480. The molecule has 0 radical (unpaired) electrons. The number of aryl methyl sites for hydroxylation is 1. The van der Waals surface area contributed by atoms with E-state index in [0.717, 1.165) is 24.8 Å². The maximum Gasteiger partial charge on any atom is 0.290 e. The molecule has 0 aromatic carbocycles. The fourth-order valence-corrected chi connectivity index (χ4v) is 2.75. The van der Waals surface area contributed by atoms with Crippen molar-refractivity contribution in [3.8, 4) is 0 Å². The minimum atomic E-state index is -0.297. The molecule has 1 saturated carbocycles. The standard InChI is InChI=1S/C13H21N3O2/c1-9-7-15-18-11(9)12(17)16-13(8-14)6-4-3-5-10(13)2/h7,10H,3-6,8,14H2,1-2H3,(H,16,17). The van der Waals surface area contributed by atoms with Gasteiger partial charge in [0.25, 0.3) is 5.91 Å². The van der Waals surface area contributed by atoms with Crippen molar-refractivity contribution in [3.63, 3.8) is 0 Å². The Bertz CT molecular complexity index is 430. The lowest BCUT2D eigenvalue weighted by Gasteiger charge is -2.42. The molecular weight excluding hydrogens is 230 g/mol. The van der Waals surface area contributed by atoms with E-state index in [-0.39, 0.29) is 11.4 Å². The van der Waals surface area contributed by atoms with Gasteiger partial charge in [0.15, 0.2) is 0 Å². The second kappa shape index (κ2) is 5.10. The zero-order chi connectivity index (χ0) is 13.2. The van der Waals surface area contributed by atoms with Crippen molar-refractivity contribution >= 4 is 5.91 Å². The van der Waals surface area contributed by atoms with Crippen LogP contribution in [0.5, 0.6) is 0 Å². The van der Waals surface area contributed by atoms with Gasteiger partial charge >= 0.3 is 0 Å². The van der Waals surface area contributed by atoms with Crippen molar-refractivity contribution < 1.29 is 9.32 Å². The van der Waals surface area contributed by atoms with Crippen LogP contribution in [0.2, 0.25) is 0 Å². The summed E-state index contributed by atoms with van der Waals surface area (Å²) in [5.41, 5.74) is 6.36. The second-order valence-corrected chi connectivity index (χ2v) is 5.30. The number of nitrogens with one attached hydrogen (secondary N) is 1. The number of hydrogen-bond acceptors (Lipinski definition) is 4. The predicted molar refractivity (Wildman–Crippen MR) is 68.1 cm³/mol. The van der Waals surface area contributed by atoms with Gasteiger partial charge in [-0.2, -0.15) is 0 Å². The molecule has 1 aliphatic rings. The molecule has 2 rings (SSSR count). The normalized spacial score (nSPS) is 28.1. The number of amides is 1. The Morgan fingerprint density at radius 3 is 3.00 bits per heavy atom. The molecule has 0 aliphatic heterocycles. The largest absolute Gasteiger partial charge is 0.351 e. The molecular formula is C13H21N3O2. The number of hydrogen-bond donors (Lipinski definition) is 2. The lowest BCUT2D eigenvalue weighted by Crippen LogP contribution is -2.59. The number of nitrogens with two attached hydrogens (primary N) is 1. The summed E-state index contributed by atoms with van der Waals surface area (Å²) in [4.78, 5) is 12.2. The molecule has 2 atom stereocenters. The summed E-state index contributed by atoms with van der Waals surface area (Å²) in [5, 5.41) is 6.71. The number of carbonyl (C=O) groups excluding carboxylic acids is 1. The average Bonchev–Trinajstić information content (AvgIpc) is 2.78. The molecule has 0 bridgehead atoms. The highest BCUT2D eigenvalue weighted by atomic mass is 16.5. The summed E-state index contributed by atoms with van der Waals surface area (Å²) >= 11 is 0. The van der Waals surface area contributed by atoms with Crippen LogP contribution in [0.3, 0.4) is 0 Å². The third-order valence-electron chi connectivity index (χ3n) is 4.13. The van der Waals surface area contributed by atoms with Gasteiger partial charge in [-0.25, -0.2) is 0 Å². The summed E-state index contributed by atoms with van der Waals surface area (Å²) in [6.45, 7) is 4.43. The van der Waals surface area contributed by atoms with Crippen LogP contribution in [0.1, 0.15) is 48.7 Å². The first-order valence-corrected chi connectivity index (χ1v) is 6.53. The zero-order valence-electron chi connectivity index (χ0n) is 11.0. The summed E-state index contributed by atoms with van der Waals surface area (Å²) in [7, 11) is 0. The van der Waals surface area contributed by atoms with Crippen molar-refractivity contribution in [1.82, 2.24) is 10.5 Å². The molecule has 0 spiro atoms. The van der Waals surface area contributed by atoms with E-state index in [1.807, 2.05) is 6.92 Å². The molecule has 5 nitrogen and oxygen atoms in total. The number of rotatable bonds is 3. The van der Waals surface area contributed by atoms with Gasteiger partial charge in [-0.15, -0.1) is 0 Å². The highest BCUT2D eigenvalue weighted by molar-refractivity contribution is 5.93. The molecule has 1 fully saturated rings. The second-order valence-electron chi connectivity index (χ2n) is 5.30. The predicted octanol–water partition coefficient (Wildman–Crippen LogP) is 1.62. The maximum atomic E-state index is 12.2. The van der Waals surface area contributed by atoms with E-state index in [2.05, 4.69) is 17.4 Å². The number of aromatic nitrogens is 1. The van der Waals surface area contributed by atoms with Crippen molar-refractivity contribution in [1.29, 1.82) is 0 Å². The third kappa shape index (κ3) is 2.27. The summed E-state index contributed by atoms with van der Waals surface area (Å²) in [6.07, 6.45) is 5.90. The molecule has 2 unspecified atom stereocenters. The van der Waals surface area contributed by atoms with Gasteiger partial charge < -0.3 is 15.6 Å². The van der Waals surface area contributed by atoms with E-state index < -0.39 is 0 Å². The van der Waals surface area contributed by atoms with E-state index >= 15 is 0 Å². The zero-order valence-corrected chi connectivity index (χ0v) is 11.0. The Hall–Kier alpha value is -1.36. The van der Waals surface area contributed by atoms with Gasteiger partial charge in [0.2, 0.25) is 5.76 Å². The smallest absolute Gasteiger partial charge is 0.290 e. The van der Waals surface area contributed by atoms with Crippen LogP contribution in [-0.2, 0) is 0 Å². The highest BCUT2D eigenvalue weighted by Gasteiger charge is 2.39. The lowest BCUT2D eigenvalue weighted by atomic mass is 9.73. The van der Waals surface area contributed by atoms with Crippen LogP contribution < -0.4 is 11.1 Å². The Balaban J connectivity index is 2.15. The maximum absolute atomic E-state index is 12.2. The molecule has 1 aromatic heterocycles. The van der Waals surface area contributed by atoms with Gasteiger partial charge in [0, 0.05) is 12.1 Å². The SMILES string of the molecule is Cc1cnoc1C(=O)NC1(CN)CCCCC1C. The van der Waals surface area contributed by atoms with Crippen LogP contribution in [0.25, 0.3) is 0 Å². The molecule has 1 aromatic rings. The number of nitrogens with zero attached hydrogens (tertiary/aromatic N) is 1. The van der Waals surface area contributed by atoms with Gasteiger partial charge in [-0.3, -0.25) is 4.79 Å². The molecule has 3 N–H and O–H groups in total. The molecule has 18 heavy (non-hydrogen) atoms. The van der Waals surface area contributed by atoms with Crippen LogP contribution in [0, 0.1) is 12.8 Å². The first-order valence-electron chi connectivity index (χ1n) is 6.53. The Kier molecular flexibility index (Phi) is 3.71. The fraction of sp³-hybridized carbons (Fsp3) is 0.692. The molecule has 5 heteroatoms. The quantitative estimate of drug-likeness (QED) is 0.855. The van der Waals surface area contributed by atoms with E-state index in [1.54, 1.807) is 6.20 Å². The topological polar surface area (TPSA) is 81.2 Å². The van der Waals surface area contributed by atoms with Crippen LogP contribution in [0.4, 0.5) is 0 Å². The van der Waals surface area contributed by atoms with E-state index in [4.69, 9.17) is 10.3 Å². The molecule has 100 valence electrons. The van der Waals surface area contributed by atoms with Gasteiger partial charge in [-0.05, 0) is 25.7 Å². The van der Waals surface area contributed by atoms with Gasteiger partial charge in [0.1, 0.15) is 0 Å². The first-order chi connectivity index (χ1) is 8.59. The van der Waals surface area contributed by atoms with Crippen molar-refractivity contribution in [2.24, 2.45) is 11.7 Å². The van der Waals surface area contributed by atoms with E-state index in [0.29, 0.717) is 18.2 Å². The fourth-order valence-electron chi connectivity index (χ4n) is 2.75. The molecule has 0 saturated heterocycles. The highest BCUT2D eigenvalue weighted by Crippen LogP contribution is 2.33. The van der Waals surface area contributed by atoms with Crippen molar-refractivity contribution in [2.75, 3.05) is 6.54 Å². The van der Waals surface area contributed by atoms with E-state index in [1.165, 1.54) is 6.42 Å². The average molecular weight is 251 g/mol. The van der Waals surface area contributed by atoms with Crippen LogP contribution >= 0.6 is 0 Å². The summed E-state index contributed by atoms with van der Waals surface area (Å²) in [6, 6.07) is 0. The molecule has 1 amide bonds. The van der Waals surface area contributed by atoms with Crippen molar-refractivity contribution in [2.45, 2.75) is 45.1 Å². The number of carbonyl (C=O) groups is 1. The van der Waals surface area contributed by atoms with Crippen LogP contribution in [0.15, 0.2) is 10.7 Å². The van der Waals surface area contributed by atoms with Crippen molar-refractivity contribution in [3.05, 3.63) is 17.5 Å². The monoisotopic (exact) mass is 251 g/mol. The summed E-state index contributed by atoms with van der Waals surface area (Å²) < 4.78 is 4.99. The minimum Gasteiger partial charge on any atom is -0.351 e. The Labute approximate surface area is 107 Å². The van der Waals surface area contributed by atoms with Gasteiger partial charge in [0.05, 0.1) is 11.7 Å². The minimum absolute atomic E-state index is 0.204. The Morgan fingerprint density at radius 1 is 1.67 bits per heavy atom. The van der Waals surface area contributed by atoms with Gasteiger partial charge in [-0.1, -0.05) is 24.9 Å². The molecule has 1 heterocycles. The first kappa shape index (κ1) is 13.1. The lowest BCUT2D eigenvalue weighted by molar-refractivity contribution is 0.0775. The van der Waals surface area contributed by atoms with E-state index in [9.17, 15) is 4.79 Å². The van der Waals surface area contributed by atoms with Crippen LogP contribution in [-0.4, -0.2) is 23.1 Å². The third-order valence-corrected chi connectivity index (χ3v) is 4.13.